The molecule has 139 valence electrons. The van der Waals surface area contributed by atoms with Gasteiger partial charge in [0.25, 0.3) is 0 Å². The molecule has 2 aromatic heterocycles. The number of aryl methyl sites for hydroxylation is 2. The number of ether oxygens (including phenoxy) is 1. The van der Waals surface area contributed by atoms with Crippen molar-refractivity contribution in [3.63, 3.8) is 0 Å². The van der Waals surface area contributed by atoms with Gasteiger partial charge in [-0.15, -0.1) is 0 Å². The molecule has 3 heterocycles. The summed E-state index contributed by atoms with van der Waals surface area (Å²) in [5.41, 5.74) is 1.23. The quantitative estimate of drug-likeness (QED) is 0.502. The summed E-state index contributed by atoms with van der Waals surface area (Å²) in [6, 6.07) is 4.20. The van der Waals surface area contributed by atoms with Gasteiger partial charge in [-0.1, -0.05) is 26.7 Å². The van der Waals surface area contributed by atoms with Gasteiger partial charge in [-0.2, -0.15) is 0 Å². The summed E-state index contributed by atoms with van der Waals surface area (Å²) >= 11 is 0. The fourth-order valence-electron chi connectivity index (χ4n) is 3.71. The van der Waals surface area contributed by atoms with Crippen LogP contribution in [-0.2, 0) is 6.42 Å². The maximum absolute atomic E-state index is 12.7. The number of benzene rings is 1. The monoisotopic (exact) mass is 365 g/mol. The third-order valence-corrected chi connectivity index (χ3v) is 4.81. The van der Waals surface area contributed by atoms with E-state index in [9.17, 15) is 9.59 Å². The number of hydrogen-bond acceptors (Lipinski definition) is 5. The highest BCUT2D eigenvalue weighted by atomic mass is 16.5. The zero-order valence-electron chi connectivity index (χ0n) is 15.7. The highest BCUT2D eigenvalue weighted by Gasteiger charge is 2.26. The largest absolute Gasteiger partial charge is 0.485 e. The van der Waals surface area contributed by atoms with Crippen molar-refractivity contribution in [2.24, 2.45) is 0 Å². The van der Waals surface area contributed by atoms with Gasteiger partial charge in [0, 0.05) is 6.07 Å². The Labute approximate surface area is 156 Å². The van der Waals surface area contributed by atoms with Crippen LogP contribution in [0.3, 0.4) is 0 Å². The third-order valence-electron chi connectivity index (χ3n) is 4.81. The van der Waals surface area contributed by atoms with Crippen molar-refractivity contribution in [2.45, 2.75) is 52.6 Å². The molecule has 5 nitrogen and oxygen atoms in total. The topological polar surface area (TPSA) is 69.7 Å². The Kier molecular flexibility index (Phi) is 4.38. The predicted octanol–water partition coefficient (Wildman–Crippen LogP) is 4.53. The molecule has 0 saturated carbocycles. The molecule has 0 bridgehead atoms. The minimum absolute atomic E-state index is 0.0684. The second-order valence-corrected chi connectivity index (χ2v) is 6.92. The van der Waals surface area contributed by atoms with Gasteiger partial charge in [0.05, 0.1) is 17.0 Å². The van der Waals surface area contributed by atoms with Crippen molar-refractivity contribution in [3.05, 3.63) is 55.7 Å². The lowest BCUT2D eigenvalue weighted by Crippen LogP contribution is -2.18. The third kappa shape index (κ3) is 2.87. The van der Waals surface area contributed by atoms with Crippen LogP contribution in [0.2, 0.25) is 0 Å². The van der Waals surface area contributed by atoms with Crippen LogP contribution in [0.5, 0.6) is 5.75 Å². The summed E-state index contributed by atoms with van der Waals surface area (Å²) < 4.78 is 17.6. The first-order valence-corrected chi connectivity index (χ1v) is 9.37. The number of hydrogen-bond donors (Lipinski definition) is 0. The zero-order valence-corrected chi connectivity index (χ0v) is 15.7. The van der Waals surface area contributed by atoms with Gasteiger partial charge in [-0.3, -0.25) is 4.79 Å². The van der Waals surface area contributed by atoms with Crippen LogP contribution in [-0.4, -0.2) is 6.10 Å². The maximum atomic E-state index is 12.7. The average molecular weight is 365 g/mol. The van der Waals surface area contributed by atoms with Gasteiger partial charge in [0.2, 0.25) is 0 Å². The fourth-order valence-corrected chi connectivity index (χ4v) is 3.71. The van der Waals surface area contributed by atoms with E-state index < -0.39 is 5.63 Å². The summed E-state index contributed by atoms with van der Waals surface area (Å²) in [4.78, 5) is 24.9. The predicted molar refractivity (Wildman–Crippen MR) is 104 cm³/mol. The molecule has 4 rings (SSSR count). The molecule has 0 N–H and O–H groups in total. The molecule has 1 radical (unpaired) electrons. The first-order chi connectivity index (χ1) is 13.0. The van der Waals surface area contributed by atoms with E-state index in [1.54, 1.807) is 6.92 Å². The lowest BCUT2D eigenvalue weighted by molar-refractivity contribution is 0.236. The van der Waals surface area contributed by atoms with E-state index in [-0.39, 0.29) is 22.5 Å². The molecule has 1 unspecified atom stereocenters. The van der Waals surface area contributed by atoms with Crippen LogP contribution >= 0.6 is 0 Å². The Morgan fingerprint density at radius 1 is 1.07 bits per heavy atom. The van der Waals surface area contributed by atoms with E-state index in [1.807, 2.05) is 19.1 Å². The van der Waals surface area contributed by atoms with Crippen molar-refractivity contribution in [3.8, 4) is 5.75 Å². The van der Waals surface area contributed by atoms with E-state index in [0.717, 1.165) is 19.3 Å². The molecule has 1 aromatic carbocycles. The molecule has 1 atom stereocenters. The van der Waals surface area contributed by atoms with E-state index in [4.69, 9.17) is 13.6 Å². The summed E-state index contributed by atoms with van der Waals surface area (Å²) in [5.74, 6) is 1.10. The van der Waals surface area contributed by atoms with Crippen LogP contribution in [0.4, 0.5) is 0 Å². The molecule has 0 amide bonds. The van der Waals surface area contributed by atoms with Gasteiger partial charge in [0.1, 0.15) is 23.0 Å². The van der Waals surface area contributed by atoms with E-state index in [1.165, 1.54) is 6.07 Å². The molecule has 27 heavy (non-hydrogen) atoms. The minimum Gasteiger partial charge on any atom is -0.485 e. The molecular formula is C22H21O5. The van der Waals surface area contributed by atoms with Gasteiger partial charge >= 0.3 is 5.63 Å². The molecule has 3 aromatic rings. The normalized spacial score (nSPS) is 15.9. The first-order valence-electron chi connectivity index (χ1n) is 9.37. The molecule has 5 heteroatoms. The van der Waals surface area contributed by atoms with Crippen molar-refractivity contribution >= 4 is 28.0 Å². The van der Waals surface area contributed by atoms with Crippen LogP contribution in [0, 0.1) is 13.0 Å². The Bertz CT molecular complexity index is 1180. The highest BCUT2D eigenvalue weighted by molar-refractivity contribution is 6.10. The summed E-state index contributed by atoms with van der Waals surface area (Å²) in [6.45, 7) is 5.85. The zero-order chi connectivity index (χ0) is 19.1. The standard InChI is InChI=1S/C22H21O5/c1-4-6-13-11-17(24)27-22-18(13)20-15(9-8-14(26-20)7-5-2)21-19(22)16(23)10-12(3)25-21/h8-10,14H,4-7H2,1-3H3. The van der Waals surface area contributed by atoms with Crippen molar-refractivity contribution in [1.82, 2.24) is 0 Å². The van der Waals surface area contributed by atoms with Crippen LogP contribution in [0.1, 0.15) is 50.0 Å². The van der Waals surface area contributed by atoms with Crippen molar-refractivity contribution in [1.29, 1.82) is 0 Å². The Balaban J connectivity index is 2.21. The highest BCUT2D eigenvalue weighted by Crippen LogP contribution is 2.42. The fraction of sp³-hybridized carbons (Fsp3) is 0.364. The van der Waals surface area contributed by atoms with E-state index in [0.29, 0.717) is 40.0 Å². The molecular weight excluding hydrogens is 344 g/mol. The Hall–Kier alpha value is -2.82. The first kappa shape index (κ1) is 17.6. The van der Waals surface area contributed by atoms with Crippen molar-refractivity contribution < 1.29 is 13.6 Å². The molecule has 0 spiro atoms. The van der Waals surface area contributed by atoms with Crippen LogP contribution in [0.25, 0.3) is 28.0 Å². The summed E-state index contributed by atoms with van der Waals surface area (Å²) in [7, 11) is 0. The van der Waals surface area contributed by atoms with Crippen LogP contribution in [0.15, 0.2) is 30.6 Å². The average Bonchev–Trinajstić information content (AvgIpc) is 2.61. The maximum Gasteiger partial charge on any atom is 0.344 e. The van der Waals surface area contributed by atoms with Gasteiger partial charge in [-0.25, -0.2) is 4.79 Å². The van der Waals surface area contributed by atoms with E-state index in [2.05, 4.69) is 13.0 Å². The number of fused-ring (bicyclic) bond motifs is 6. The SMILES string of the molecule is CCCc1[c]c(=O)oc2c1c1c(c3oc(C)cc(=O)c32)C=CC(CCC)O1. The second-order valence-electron chi connectivity index (χ2n) is 6.92. The van der Waals surface area contributed by atoms with Crippen molar-refractivity contribution in [2.75, 3.05) is 0 Å². The second kappa shape index (κ2) is 6.72. The lowest BCUT2D eigenvalue weighted by Gasteiger charge is -2.24. The summed E-state index contributed by atoms with van der Waals surface area (Å²) in [6.07, 6.45) is 7.19. The number of rotatable bonds is 4. The van der Waals surface area contributed by atoms with Crippen LogP contribution < -0.4 is 15.8 Å². The Morgan fingerprint density at radius 3 is 2.63 bits per heavy atom. The van der Waals surface area contributed by atoms with E-state index >= 15 is 0 Å². The van der Waals surface area contributed by atoms with Gasteiger partial charge < -0.3 is 13.6 Å². The van der Waals surface area contributed by atoms with Gasteiger partial charge in [-0.05, 0) is 37.5 Å². The lowest BCUT2D eigenvalue weighted by atomic mass is 9.96. The van der Waals surface area contributed by atoms with Gasteiger partial charge in [0.15, 0.2) is 16.6 Å². The molecule has 1 aliphatic rings. The Morgan fingerprint density at radius 2 is 1.89 bits per heavy atom. The molecule has 0 aliphatic carbocycles. The molecule has 0 saturated heterocycles. The summed E-state index contributed by atoms with van der Waals surface area (Å²) in [5, 5.41) is 0.931. The minimum atomic E-state index is -0.594. The smallest absolute Gasteiger partial charge is 0.344 e. The molecule has 1 aliphatic heterocycles. The molecule has 0 fully saturated rings.